The van der Waals surface area contributed by atoms with Crippen LogP contribution in [-0.2, 0) is 17.8 Å². The molecule has 0 aromatic heterocycles. The Morgan fingerprint density at radius 1 is 1.22 bits per heavy atom. The molecule has 0 aliphatic carbocycles. The van der Waals surface area contributed by atoms with Gasteiger partial charge in [-0.05, 0) is 36.4 Å². The number of hydrogen-bond acceptors (Lipinski definition) is 2. The minimum absolute atomic E-state index is 0.134. The molecule has 0 unspecified atom stereocenters. The Balaban J connectivity index is 2.32. The molecule has 1 aromatic rings. The highest BCUT2D eigenvalue weighted by Gasteiger charge is 2.03. The predicted octanol–water partition coefficient (Wildman–Crippen LogP) is 2.24. The molecule has 0 bridgehead atoms. The molecule has 0 aliphatic rings. The summed E-state index contributed by atoms with van der Waals surface area (Å²) in [4.78, 5) is 11.6. The highest BCUT2D eigenvalue weighted by Crippen LogP contribution is 2.06. The van der Waals surface area contributed by atoms with Gasteiger partial charge in [-0.15, -0.1) is 0 Å². The van der Waals surface area contributed by atoms with E-state index in [1.165, 1.54) is 5.56 Å². The molecule has 0 saturated heterocycles. The lowest BCUT2D eigenvalue weighted by Gasteiger charge is -2.07. The van der Waals surface area contributed by atoms with Gasteiger partial charge in [0.15, 0.2) is 0 Å². The molecule has 100 valence electrons. The summed E-state index contributed by atoms with van der Waals surface area (Å²) in [7, 11) is 0. The first-order valence-electron chi connectivity index (χ1n) is 6.66. The maximum atomic E-state index is 11.6. The quantitative estimate of drug-likeness (QED) is 0.777. The van der Waals surface area contributed by atoms with Crippen LogP contribution in [0.5, 0.6) is 0 Å². The number of nitrogens with one attached hydrogen (secondary N) is 1. The third-order valence-corrected chi connectivity index (χ3v) is 2.89. The number of nitrogens with two attached hydrogens (primary N) is 1. The maximum absolute atomic E-state index is 11.6. The first-order chi connectivity index (χ1) is 8.61. The van der Waals surface area contributed by atoms with Crippen LogP contribution in [0.4, 0.5) is 0 Å². The molecule has 3 N–H and O–H groups in total. The molecular formula is C15H24N2O. The van der Waals surface area contributed by atoms with Gasteiger partial charge in [-0.25, -0.2) is 0 Å². The second kappa shape index (κ2) is 7.88. The van der Waals surface area contributed by atoms with Gasteiger partial charge in [-0.3, -0.25) is 4.79 Å². The lowest BCUT2D eigenvalue weighted by atomic mass is 10.1. The minimum atomic E-state index is 0.134. The Morgan fingerprint density at radius 2 is 1.83 bits per heavy atom. The Hall–Kier alpha value is -1.35. The lowest BCUT2D eigenvalue weighted by molar-refractivity contribution is -0.121. The number of carbonyl (C=O) groups is 1. The third-order valence-electron chi connectivity index (χ3n) is 2.89. The monoisotopic (exact) mass is 248 g/mol. The van der Waals surface area contributed by atoms with Gasteiger partial charge in [0.2, 0.25) is 5.91 Å². The second-order valence-corrected chi connectivity index (χ2v) is 5.06. The van der Waals surface area contributed by atoms with Crippen molar-refractivity contribution in [2.45, 2.75) is 39.7 Å². The van der Waals surface area contributed by atoms with E-state index >= 15 is 0 Å². The summed E-state index contributed by atoms with van der Waals surface area (Å²) in [6, 6.07) is 8.24. The van der Waals surface area contributed by atoms with Crippen LogP contribution in [-0.4, -0.2) is 12.5 Å². The van der Waals surface area contributed by atoms with E-state index in [4.69, 9.17) is 5.73 Å². The van der Waals surface area contributed by atoms with Crippen LogP contribution >= 0.6 is 0 Å². The summed E-state index contributed by atoms with van der Waals surface area (Å²) in [5.41, 5.74) is 7.87. The summed E-state index contributed by atoms with van der Waals surface area (Å²) in [6.45, 7) is 5.54. The van der Waals surface area contributed by atoms with Crippen molar-refractivity contribution in [2.24, 2.45) is 11.7 Å². The molecule has 0 spiro atoms. The van der Waals surface area contributed by atoms with E-state index in [1.807, 2.05) is 12.1 Å². The average Bonchev–Trinajstić information content (AvgIpc) is 2.36. The van der Waals surface area contributed by atoms with Crippen LogP contribution in [0.2, 0.25) is 0 Å². The van der Waals surface area contributed by atoms with Gasteiger partial charge in [0, 0.05) is 13.0 Å². The van der Waals surface area contributed by atoms with E-state index in [0.717, 1.165) is 18.4 Å². The smallest absolute Gasteiger partial charge is 0.220 e. The summed E-state index contributed by atoms with van der Waals surface area (Å²) in [6.07, 6.45) is 2.46. The van der Waals surface area contributed by atoms with Crippen molar-refractivity contribution in [3.8, 4) is 0 Å². The van der Waals surface area contributed by atoms with Gasteiger partial charge in [0.05, 0.1) is 0 Å². The predicted molar refractivity (Wildman–Crippen MR) is 75.1 cm³/mol. The van der Waals surface area contributed by atoms with Crippen LogP contribution in [0.3, 0.4) is 0 Å². The minimum Gasteiger partial charge on any atom is -0.352 e. The first-order valence-corrected chi connectivity index (χ1v) is 6.66. The largest absolute Gasteiger partial charge is 0.352 e. The molecule has 0 aliphatic heterocycles. The van der Waals surface area contributed by atoms with E-state index in [0.29, 0.717) is 25.4 Å². The maximum Gasteiger partial charge on any atom is 0.220 e. The summed E-state index contributed by atoms with van der Waals surface area (Å²) in [5, 5.41) is 2.94. The molecule has 0 heterocycles. The van der Waals surface area contributed by atoms with Gasteiger partial charge in [0.1, 0.15) is 0 Å². The highest BCUT2D eigenvalue weighted by atomic mass is 16.1. The molecule has 0 fully saturated rings. The first kappa shape index (κ1) is 14.7. The van der Waals surface area contributed by atoms with Gasteiger partial charge in [0.25, 0.3) is 0 Å². The molecule has 0 saturated carbocycles. The number of hydrogen-bond donors (Lipinski definition) is 2. The Morgan fingerprint density at radius 3 is 2.39 bits per heavy atom. The van der Waals surface area contributed by atoms with Crippen molar-refractivity contribution in [3.63, 3.8) is 0 Å². The van der Waals surface area contributed by atoms with E-state index in [9.17, 15) is 4.79 Å². The fourth-order valence-electron chi connectivity index (χ4n) is 1.70. The van der Waals surface area contributed by atoms with Crippen molar-refractivity contribution in [1.82, 2.24) is 5.32 Å². The average molecular weight is 248 g/mol. The van der Waals surface area contributed by atoms with Gasteiger partial charge >= 0.3 is 0 Å². The van der Waals surface area contributed by atoms with E-state index < -0.39 is 0 Å². The lowest BCUT2D eigenvalue weighted by Crippen LogP contribution is -2.22. The van der Waals surface area contributed by atoms with Crippen LogP contribution in [0.15, 0.2) is 24.3 Å². The summed E-state index contributed by atoms with van der Waals surface area (Å²) < 4.78 is 0. The summed E-state index contributed by atoms with van der Waals surface area (Å²) >= 11 is 0. The standard InChI is InChI=1S/C15H24N2O/c1-12(2)3-8-15(18)17-11-14-6-4-13(5-7-14)9-10-16/h4-7,12H,3,8-11,16H2,1-2H3,(H,17,18). The van der Waals surface area contributed by atoms with Crippen molar-refractivity contribution in [2.75, 3.05) is 6.54 Å². The Labute approximate surface area is 110 Å². The fraction of sp³-hybridized carbons (Fsp3) is 0.533. The third kappa shape index (κ3) is 5.82. The molecule has 18 heavy (non-hydrogen) atoms. The van der Waals surface area contributed by atoms with Crippen LogP contribution in [0, 0.1) is 5.92 Å². The molecule has 3 nitrogen and oxygen atoms in total. The molecule has 1 rings (SSSR count). The molecule has 1 aromatic carbocycles. The molecule has 1 amide bonds. The van der Waals surface area contributed by atoms with Gasteiger partial charge < -0.3 is 11.1 Å². The van der Waals surface area contributed by atoms with Crippen LogP contribution < -0.4 is 11.1 Å². The molecular weight excluding hydrogens is 224 g/mol. The molecule has 0 atom stereocenters. The zero-order valence-corrected chi connectivity index (χ0v) is 11.4. The van der Waals surface area contributed by atoms with E-state index in [2.05, 4.69) is 31.3 Å². The number of rotatable bonds is 7. The fourth-order valence-corrected chi connectivity index (χ4v) is 1.70. The van der Waals surface area contributed by atoms with Gasteiger partial charge in [-0.1, -0.05) is 38.1 Å². The molecule has 3 heteroatoms. The van der Waals surface area contributed by atoms with Crippen molar-refractivity contribution < 1.29 is 4.79 Å². The Kier molecular flexibility index (Phi) is 6.44. The van der Waals surface area contributed by atoms with E-state index in [1.54, 1.807) is 0 Å². The van der Waals surface area contributed by atoms with Crippen molar-refractivity contribution >= 4 is 5.91 Å². The molecule has 0 radical (unpaired) electrons. The number of carbonyl (C=O) groups excluding carboxylic acids is 1. The second-order valence-electron chi connectivity index (χ2n) is 5.06. The van der Waals surface area contributed by atoms with Crippen LogP contribution in [0.25, 0.3) is 0 Å². The normalized spacial score (nSPS) is 10.7. The highest BCUT2D eigenvalue weighted by molar-refractivity contribution is 5.75. The number of benzene rings is 1. The van der Waals surface area contributed by atoms with Crippen molar-refractivity contribution in [3.05, 3.63) is 35.4 Å². The zero-order valence-electron chi connectivity index (χ0n) is 11.4. The van der Waals surface area contributed by atoms with Crippen LogP contribution in [0.1, 0.15) is 37.8 Å². The Bertz CT molecular complexity index is 357. The topological polar surface area (TPSA) is 55.1 Å². The SMILES string of the molecule is CC(C)CCC(=O)NCc1ccc(CCN)cc1. The van der Waals surface area contributed by atoms with Crippen molar-refractivity contribution in [1.29, 1.82) is 0 Å². The van der Waals surface area contributed by atoms with E-state index in [-0.39, 0.29) is 5.91 Å². The number of amides is 1. The zero-order chi connectivity index (χ0) is 13.4. The summed E-state index contributed by atoms with van der Waals surface area (Å²) in [5.74, 6) is 0.709. The van der Waals surface area contributed by atoms with Gasteiger partial charge in [-0.2, -0.15) is 0 Å².